The first-order valence-corrected chi connectivity index (χ1v) is 11.2. The molecule has 28 heavy (non-hydrogen) atoms. The first-order chi connectivity index (χ1) is 13.7. The molecule has 5 nitrogen and oxygen atoms in total. The summed E-state index contributed by atoms with van der Waals surface area (Å²) < 4.78 is 0. The van der Waals surface area contributed by atoms with E-state index in [4.69, 9.17) is 0 Å². The zero-order valence-electron chi connectivity index (χ0n) is 17.6. The topological polar surface area (TPSA) is 38.8 Å². The Kier molecular flexibility index (Phi) is 8.62. The highest BCUT2D eigenvalue weighted by Gasteiger charge is 2.19. The van der Waals surface area contributed by atoms with Crippen molar-refractivity contribution in [3.05, 3.63) is 35.9 Å². The Morgan fingerprint density at radius 3 is 2.43 bits per heavy atom. The van der Waals surface area contributed by atoms with E-state index in [9.17, 15) is 4.79 Å². The fourth-order valence-corrected chi connectivity index (χ4v) is 4.49. The van der Waals surface area contributed by atoms with Gasteiger partial charge in [-0.25, -0.2) is 4.79 Å². The normalized spacial score (nSPS) is 19.5. The van der Waals surface area contributed by atoms with Crippen molar-refractivity contribution in [2.45, 2.75) is 45.1 Å². The van der Waals surface area contributed by atoms with Crippen LogP contribution in [0.1, 0.15) is 44.1 Å². The van der Waals surface area contributed by atoms with Crippen molar-refractivity contribution >= 4 is 6.03 Å². The number of carbonyl (C=O) groups excluding carboxylic acids is 1. The summed E-state index contributed by atoms with van der Waals surface area (Å²) in [6.45, 7) is 8.33. The summed E-state index contributed by atoms with van der Waals surface area (Å²) in [6, 6.07) is 10.8. The van der Waals surface area contributed by atoms with Crippen LogP contribution in [-0.4, -0.2) is 73.6 Å². The SMILES string of the molecule is CN(CC1CCCCC1)C(=O)NCCCN1CCN(Cc2ccccc2)CC1. The smallest absolute Gasteiger partial charge is 0.317 e. The molecule has 3 rings (SSSR count). The second-order valence-electron chi connectivity index (χ2n) is 8.57. The fourth-order valence-electron chi connectivity index (χ4n) is 4.49. The summed E-state index contributed by atoms with van der Waals surface area (Å²) in [4.78, 5) is 19.2. The molecule has 1 saturated carbocycles. The summed E-state index contributed by atoms with van der Waals surface area (Å²) in [7, 11) is 1.94. The van der Waals surface area contributed by atoms with Gasteiger partial charge in [0.2, 0.25) is 0 Å². The molecule has 0 aromatic heterocycles. The van der Waals surface area contributed by atoms with Crippen LogP contribution >= 0.6 is 0 Å². The highest BCUT2D eigenvalue weighted by molar-refractivity contribution is 5.73. The maximum atomic E-state index is 12.3. The summed E-state index contributed by atoms with van der Waals surface area (Å²) in [6.07, 6.45) is 7.63. The Morgan fingerprint density at radius 2 is 1.71 bits per heavy atom. The zero-order chi connectivity index (χ0) is 19.6. The molecule has 2 amide bonds. The van der Waals surface area contributed by atoms with Crippen molar-refractivity contribution in [3.8, 4) is 0 Å². The average molecular weight is 387 g/mol. The van der Waals surface area contributed by atoms with Crippen molar-refractivity contribution in [1.29, 1.82) is 0 Å². The lowest BCUT2D eigenvalue weighted by Crippen LogP contribution is -2.46. The van der Waals surface area contributed by atoms with Crippen molar-refractivity contribution in [1.82, 2.24) is 20.0 Å². The number of hydrogen-bond donors (Lipinski definition) is 1. The van der Waals surface area contributed by atoms with Crippen LogP contribution in [0.25, 0.3) is 0 Å². The summed E-state index contributed by atoms with van der Waals surface area (Å²) in [5, 5.41) is 3.10. The predicted octanol–water partition coefficient (Wildman–Crippen LogP) is 3.42. The number of hydrogen-bond acceptors (Lipinski definition) is 3. The number of benzene rings is 1. The van der Waals surface area contributed by atoms with Gasteiger partial charge in [0.15, 0.2) is 0 Å². The Balaban J connectivity index is 1.24. The van der Waals surface area contributed by atoms with Crippen LogP contribution in [0, 0.1) is 5.92 Å². The van der Waals surface area contributed by atoms with Gasteiger partial charge in [-0.3, -0.25) is 4.90 Å². The van der Waals surface area contributed by atoms with Crippen molar-refractivity contribution < 1.29 is 4.79 Å². The van der Waals surface area contributed by atoms with Crippen LogP contribution in [0.2, 0.25) is 0 Å². The molecule has 2 aliphatic rings. The van der Waals surface area contributed by atoms with Crippen molar-refractivity contribution in [2.75, 3.05) is 52.9 Å². The van der Waals surface area contributed by atoms with E-state index < -0.39 is 0 Å². The van der Waals surface area contributed by atoms with Crippen LogP contribution in [0.5, 0.6) is 0 Å². The third-order valence-electron chi connectivity index (χ3n) is 6.24. The second kappa shape index (κ2) is 11.4. The summed E-state index contributed by atoms with van der Waals surface area (Å²) in [5.74, 6) is 0.705. The lowest BCUT2D eigenvalue weighted by atomic mass is 9.89. The van der Waals surface area contributed by atoms with Gasteiger partial charge in [0.05, 0.1) is 0 Å². The highest BCUT2D eigenvalue weighted by Crippen LogP contribution is 2.24. The van der Waals surface area contributed by atoms with Crippen LogP contribution in [0.3, 0.4) is 0 Å². The summed E-state index contributed by atoms with van der Waals surface area (Å²) in [5.41, 5.74) is 1.40. The molecule has 1 saturated heterocycles. The number of piperazine rings is 1. The van der Waals surface area contributed by atoms with E-state index in [-0.39, 0.29) is 6.03 Å². The fraction of sp³-hybridized carbons (Fsp3) is 0.696. The largest absolute Gasteiger partial charge is 0.338 e. The Hall–Kier alpha value is -1.59. The molecule has 1 aromatic rings. The van der Waals surface area contributed by atoms with E-state index in [1.807, 2.05) is 11.9 Å². The molecular formula is C23H38N4O. The van der Waals surface area contributed by atoms with E-state index in [0.29, 0.717) is 5.92 Å². The molecule has 1 aromatic carbocycles. The molecule has 0 atom stereocenters. The minimum absolute atomic E-state index is 0.0956. The van der Waals surface area contributed by atoms with Crippen LogP contribution in [-0.2, 0) is 6.54 Å². The Bertz CT molecular complexity index is 565. The van der Waals surface area contributed by atoms with Crippen LogP contribution < -0.4 is 5.32 Å². The van der Waals surface area contributed by atoms with Gasteiger partial charge in [-0.05, 0) is 37.3 Å². The minimum Gasteiger partial charge on any atom is -0.338 e. The number of amides is 2. The quantitative estimate of drug-likeness (QED) is 0.696. The number of nitrogens with one attached hydrogen (secondary N) is 1. The van der Waals surface area contributed by atoms with Gasteiger partial charge in [-0.2, -0.15) is 0 Å². The molecule has 0 bridgehead atoms. The van der Waals surface area contributed by atoms with Gasteiger partial charge >= 0.3 is 6.03 Å². The monoisotopic (exact) mass is 386 g/mol. The maximum absolute atomic E-state index is 12.3. The van der Waals surface area contributed by atoms with E-state index in [1.54, 1.807) is 0 Å². The molecule has 0 unspecified atom stereocenters. The van der Waals surface area contributed by atoms with Gasteiger partial charge in [-0.1, -0.05) is 49.6 Å². The zero-order valence-corrected chi connectivity index (χ0v) is 17.6. The molecule has 1 aliphatic heterocycles. The first-order valence-electron chi connectivity index (χ1n) is 11.2. The molecule has 1 heterocycles. The van der Waals surface area contributed by atoms with Crippen molar-refractivity contribution in [3.63, 3.8) is 0 Å². The van der Waals surface area contributed by atoms with E-state index in [2.05, 4.69) is 45.4 Å². The molecule has 5 heteroatoms. The lowest BCUT2D eigenvalue weighted by Gasteiger charge is -2.34. The van der Waals surface area contributed by atoms with Gasteiger partial charge in [0.25, 0.3) is 0 Å². The van der Waals surface area contributed by atoms with E-state index >= 15 is 0 Å². The number of nitrogens with zero attached hydrogens (tertiary/aromatic N) is 3. The van der Waals surface area contributed by atoms with E-state index in [0.717, 1.165) is 58.8 Å². The van der Waals surface area contributed by atoms with Crippen LogP contribution in [0.15, 0.2) is 30.3 Å². The number of rotatable bonds is 8. The second-order valence-corrected chi connectivity index (χ2v) is 8.57. The number of urea groups is 1. The average Bonchev–Trinajstić information content (AvgIpc) is 2.73. The molecule has 2 fully saturated rings. The van der Waals surface area contributed by atoms with Gasteiger partial charge < -0.3 is 15.1 Å². The first kappa shape index (κ1) is 21.1. The lowest BCUT2D eigenvalue weighted by molar-refractivity contribution is 0.126. The maximum Gasteiger partial charge on any atom is 0.317 e. The predicted molar refractivity (Wildman–Crippen MR) is 115 cm³/mol. The minimum atomic E-state index is 0.0956. The molecule has 1 N–H and O–H groups in total. The molecule has 0 spiro atoms. The molecule has 156 valence electrons. The van der Waals surface area contributed by atoms with E-state index in [1.165, 1.54) is 37.7 Å². The third-order valence-corrected chi connectivity index (χ3v) is 6.24. The molecular weight excluding hydrogens is 348 g/mol. The summed E-state index contributed by atoms with van der Waals surface area (Å²) >= 11 is 0. The van der Waals surface area contributed by atoms with Crippen molar-refractivity contribution in [2.24, 2.45) is 5.92 Å². The van der Waals surface area contributed by atoms with Gasteiger partial charge in [0.1, 0.15) is 0 Å². The number of carbonyl (C=O) groups is 1. The molecule has 0 radical (unpaired) electrons. The highest BCUT2D eigenvalue weighted by atomic mass is 16.2. The molecule has 1 aliphatic carbocycles. The Labute approximate surface area is 171 Å². The standard InChI is InChI=1S/C23H38N4O/c1-25(19-21-9-4-2-5-10-21)23(28)24-13-8-14-26-15-17-27(18-16-26)20-22-11-6-3-7-12-22/h3,6-7,11-12,21H,2,4-5,8-10,13-20H2,1H3,(H,24,28). The third kappa shape index (κ3) is 7.10. The van der Waals surface area contributed by atoms with Crippen LogP contribution in [0.4, 0.5) is 4.79 Å². The van der Waals surface area contributed by atoms with Gasteiger partial charge in [-0.15, -0.1) is 0 Å². The Morgan fingerprint density at radius 1 is 1.04 bits per heavy atom. The van der Waals surface area contributed by atoms with Gasteiger partial charge in [0, 0.05) is 52.9 Å².